The van der Waals surface area contributed by atoms with Crippen molar-refractivity contribution in [3.63, 3.8) is 0 Å². The molecular formula is C14H15N3O3. The fourth-order valence-electron chi connectivity index (χ4n) is 2.59. The predicted molar refractivity (Wildman–Crippen MR) is 73.6 cm³/mol. The van der Waals surface area contributed by atoms with E-state index < -0.39 is 12.0 Å². The summed E-state index contributed by atoms with van der Waals surface area (Å²) in [7, 11) is 0. The summed E-state index contributed by atoms with van der Waals surface area (Å²) in [4.78, 5) is 28.4. The van der Waals surface area contributed by atoms with Gasteiger partial charge in [-0.25, -0.2) is 4.79 Å². The Morgan fingerprint density at radius 3 is 2.95 bits per heavy atom. The highest BCUT2D eigenvalue weighted by Gasteiger charge is 2.33. The SMILES string of the molecule is O=C(O)C1CNCCN1C(=O)c1cccc2cc[nH]c12. The van der Waals surface area contributed by atoms with Crippen molar-refractivity contribution in [1.82, 2.24) is 15.2 Å². The predicted octanol–water partition coefficient (Wildman–Crippen LogP) is 0.667. The molecule has 1 amide bonds. The van der Waals surface area contributed by atoms with Crippen molar-refractivity contribution in [3.05, 3.63) is 36.0 Å². The van der Waals surface area contributed by atoms with Crippen molar-refractivity contribution in [2.24, 2.45) is 0 Å². The Balaban J connectivity index is 1.98. The first kappa shape index (κ1) is 12.7. The Bertz CT molecular complexity index is 664. The summed E-state index contributed by atoms with van der Waals surface area (Å²) >= 11 is 0. The van der Waals surface area contributed by atoms with Gasteiger partial charge in [0.15, 0.2) is 0 Å². The summed E-state index contributed by atoms with van der Waals surface area (Å²) in [6.07, 6.45) is 1.77. The molecule has 0 radical (unpaired) electrons. The maximum absolute atomic E-state index is 12.6. The lowest BCUT2D eigenvalue weighted by Crippen LogP contribution is -2.57. The lowest BCUT2D eigenvalue weighted by Gasteiger charge is -2.33. The fourth-order valence-corrected chi connectivity index (χ4v) is 2.59. The minimum absolute atomic E-state index is 0.244. The van der Waals surface area contributed by atoms with Crippen LogP contribution in [0.15, 0.2) is 30.5 Å². The van der Waals surface area contributed by atoms with E-state index in [-0.39, 0.29) is 12.5 Å². The van der Waals surface area contributed by atoms with Crippen LogP contribution in [0.4, 0.5) is 0 Å². The van der Waals surface area contributed by atoms with Crippen molar-refractivity contribution >= 4 is 22.8 Å². The molecular weight excluding hydrogens is 258 g/mol. The van der Waals surface area contributed by atoms with Gasteiger partial charge in [0.2, 0.25) is 0 Å². The quantitative estimate of drug-likeness (QED) is 0.750. The highest BCUT2D eigenvalue weighted by atomic mass is 16.4. The molecule has 20 heavy (non-hydrogen) atoms. The number of aromatic amines is 1. The number of piperazine rings is 1. The lowest BCUT2D eigenvalue weighted by molar-refractivity contribution is -0.142. The van der Waals surface area contributed by atoms with E-state index in [0.29, 0.717) is 18.7 Å². The first-order valence-electron chi connectivity index (χ1n) is 6.49. The van der Waals surface area contributed by atoms with Gasteiger partial charge in [0.05, 0.1) is 11.1 Å². The van der Waals surface area contributed by atoms with Crippen LogP contribution in [-0.2, 0) is 4.79 Å². The molecule has 1 aliphatic heterocycles. The molecule has 6 nitrogen and oxygen atoms in total. The number of amides is 1. The molecule has 2 aromatic rings. The summed E-state index contributed by atoms with van der Waals surface area (Å²) in [5.74, 6) is -1.23. The molecule has 6 heteroatoms. The third kappa shape index (κ3) is 2.04. The van der Waals surface area contributed by atoms with Crippen LogP contribution in [0, 0.1) is 0 Å². The van der Waals surface area contributed by atoms with E-state index in [1.54, 1.807) is 18.3 Å². The first-order valence-corrected chi connectivity index (χ1v) is 6.49. The number of nitrogens with one attached hydrogen (secondary N) is 2. The highest BCUT2D eigenvalue weighted by Crippen LogP contribution is 2.20. The van der Waals surface area contributed by atoms with E-state index >= 15 is 0 Å². The first-order chi connectivity index (χ1) is 9.68. The zero-order chi connectivity index (χ0) is 14.1. The van der Waals surface area contributed by atoms with Gasteiger partial charge in [-0.3, -0.25) is 4.79 Å². The largest absolute Gasteiger partial charge is 0.480 e. The molecule has 2 heterocycles. The number of carboxylic acids is 1. The molecule has 1 aromatic heterocycles. The number of aliphatic carboxylic acids is 1. The highest BCUT2D eigenvalue weighted by molar-refractivity contribution is 6.06. The monoisotopic (exact) mass is 273 g/mol. The van der Waals surface area contributed by atoms with Crippen LogP contribution in [0.1, 0.15) is 10.4 Å². The van der Waals surface area contributed by atoms with Crippen molar-refractivity contribution < 1.29 is 14.7 Å². The van der Waals surface area contributed by atoms with Crippen molar-refractivity contribution in [3.8, 4) is 0 Å². The number of rotatable bonds is 2. The maximum atomic E-state index is 12.6. The summed E-state index contributed by atoms with van der Waals surface area (Å²) < 4.78 is 0. The van der Waals surface area contributed by atoms with Gasteiger partial charge >= 0.3 is 5.97 Å². The van der Waals surface area contributed by atoms with Crippen LogP contribution in [-0.4, -0.2) is 52.5 Å². The van der Waals surface area contributed by atoms with E-state index in [1.165, 1.54) is 4.90 Å². The number of fused-ring (bicyclic) bond motifs is 1. The number of carboxylic acid groups (broad SMARTS) is 1. The average molecular weight is 273 g/mol. The van der Waals surface area contributed by atoms with Gasteiger partial charge in [0.1, 0.15) is 6.04 Å². The van der Waals surface area contributed by atoms with Crippen LogP contribution in [0.25, 0.3) is 10.9 Å². The standard InChI is InChI=1S/C14H15N3O3/c18-13(17-7-6-15-8-11(17)14(19)20)10-3-1-2-9-4-5-16-12(9)10/h1-5,11,15-16H,6-8H2,(H,19,20). The molecule has 1 fully saturated rings. The third-order valence-electron chi connectivity index (χ3n) is 3.61. The van der Waals surface area contributed by atoms with Gasteiger partial charge in [-0.05, 0) is 12.1 Å². The number of nitrogens with zero attached hydrogens (tertiary/aromatic N) is 1. The molecule has 0 aliphatic carbocycles. The van der Waals surface area contributed by atoms with Gasteiger partial charge < -0.3 is 20.3 Å². The maximum Gasteiger partial charge on any atom is 0.327 e. The Kier molecular flexibility index (Phi) is 3.15. The fraction of sp³-hybridized carbons (Fsp3) is 0.286. The lowest BCUT2D eigenvalue weighted by atomic mass is 10.1. The number of carbonyl (C=O) groups is 2. The molecule has 0 bridgehead atoms. The smallest absolute Gasteiger partial charge is 0.327 e. The van der Waals surface area contributed by atoms with Crippen LogP contribution in [0.2, 0.25) is 0 Å². The van der Waals surface area contributed by atoms with Crippen LogP contribution >= 0.6 is 0 Å². The number of carbonyl (C=O) groups excluding carboxylic acids is 1. The number of para-hydroxylation sites is 1. The molecule has 104 valence electrons. The van der Waals surface area contributed by atoms with Gasteiger partial charge in [-0.2, -0.15) is 0 Å². The van der Waals surface area contributed by atoms with E-state index in [0.717, 1.165) is 10.9 Å². The second-order valence-electron chi connectivity index (χ2n) is 4.80. The number of H-pyrrole nitrogens is 1. The van der Waals surface area contributed by atoms with Crippen LogP contribution in [0.3, 0.4) is 0 Å². The molecule has 1 unspecified atom stereocenters. The van der Waals surface area contributed by atoms with E-state index in [1.807, 2.05) is 12.1 Å². The van der Waals surface area contributed by atoms with Crippen LogP contribution in [0.5, 0.6) is 0 Å². The van der Waals surface area contributed by atoms with Gasteiger partial charge in [-0.1, -0.05) is 12.1 Å². The Labute approximate surface area is 115 Å². The third-order valence-corrected chi connectivity index (χ3v) is 3.61. The second-order valence-corrected chi connectivity index (χ2v) is 4.80. The number of aromatic nitrogens is 1. The average Bonchev–Trinajstić information content (AvgIpc) is 2.94. The number of benzene rings is 1. The summed E-state index contributed by atoms with van der Waals surface area (Å²) in [6.45, 7) is 1.28. The summed E-state index contributed by atoms with van der Waals surface area (Å²) in [5.41, 5.74) is 1.26. The Hall–Kier alpha value is -2.34. The minimum atomic E-state index is -0.982. The summed E-state index contributed by atoms with van der Waals surface area (Å²) in [5, 5.41) is 13.2. The zero-order valence-corrected chi connectivity index (χ0v) is 10.8. The van der Waals surface area contributed by atoms with Crippen molar-refractivity contribution in [1.29, 1.82) is 0 Å². The second kappa shape index (κ2) is 4.97. The summed E-state index contributed by atoms with van der Waals surface area (Å²) in [6, 6.07) is 6.51. The molecule has 0 spiro atoms. The van der Waals surface area contributed by atoms with Gasteiger partial charge in [-0.15, -0.1) is 0 Å². The normalized spacial score (nSPS) is 19.2. The van der Waals surface area contributed by atoms with E-state index in [2.05, 4.69) is 10.3 Å². The van der Waals surface area contributed by atoms with E-state index in [4.69, 9.17) is 0 Å². The van der Waals surface area contributed by atoms with E-state index in [9.17, 15) is 14.7 Å². The Morgan fingerprint density at radius 1 is 1.30 bits per heavy atom. The van der Waals surface area contributed by atoms with Crippen molar-refractivity contribution in [2.75, 3.05) is 19.6 Å². The van der Waals surface area contributed by atoms with Gasteiger partial charge in [0.25, 0.3) is 5.91 Å². The molecule has 1 aromatic carbocycles. The molecule has 3 N–H and O–H groups in total. The zero-order valence-electron chi connectivity index (χ0n) is 10.8. The minimum Gasteiger partial charge on any atom is -0.480 e. The number of hydrogen-bond acceptors (Lipinski definition) is 3. The van der Waals surface area contributed by atoms with Crippen LogP contribution < -0.4 is 5.32 Å². The van der Waals surface area contributed by atoms with Crippen molar-refractivity contribution in [2.45, 2.75) is 6.04 Å². The molecule has 1 atom stereocenters. The Morgan fingerprint density at radius 2 is 2.15 bits per heavy atom. The topological polar surface area (TPSA) is 85.4 Å². The van der Waals surface area contributed by atoms with Gasteiger partial charge in [0, 0.05) is 31.2 Å². The molecule has 1 saturated heterocycles. The molecule has 1 aliphatic rings. The number of hydrogen-bond donors (Lipinski definition) is 3. The molecule has 3 rings (SSSR count). The molecule has 0 saturated carbocycles.